The molecule has 2 aliphatic rings. The number of benzene rings is 3. The van der Waals surface area contributed by atoms with Crippen molar-refractivity contribution in [2.45, 2.75) is 24.4 Å². The van der Waals surface area contributed by atoms with Crippen molar-refractivity contribution in [3.8, 4) is 5.69 Å². The lowest BCUT2D eigenvalue weighted by atomic mass is 9.80. The summed E-state index contributed by atoms with van der Waals surface area (Å²) in [7, 11) is 2.71. The molecule has 2 fully saturated rings. The molecule has 3 aromatic carbocycles. The number of hydrogen-bond acceptors (Lipinski definition) is 8. The minimum atomic E-state index is -0.779. The fourth-order valence-corrected chi connectivity index (χ4v) is 6.88. The van der Waals surface area contributed by atoms with Gasteiger partial charge in [-0.2, -0.15) is 9.78 Å². The molecule has 0 radical (unpaired) electrons. The van der Waals surface area contributed by atoms with Crippen LogP contribution in [0.1, 0.15) is 23.5 Å². The zero-order valence-corrected chi connectivity index (χ0v) is 27.3. The molecule has 0 aliphatic carbocycles. The van der Waals surface area contributed by atoms with Gasteiger partial charge in [-0.15, -0.1) is 14.3 Å². The second kappa shape index (κ2) is 13.7. The third-order valence-corrected chi connectivity index (χ3v) is 9.45. The lowest BCUT2D eigenvalue weighted by molar-refractivity contribution is -0.140. The molecule has 12 nitrogen and oxygen atoms in total. The van der Waals surface area contributed by atoms with E-state index in [0.29, 0.717) is 48.1 Å². The van der Waals surface area contributed by atoms with Crippen molar-refractivity contribution in [3.05, 3.63) is 95.4 Å². The second-order valence-electron chi connectivity index (χ2n) is 11.7. The van der Waals surface area contributed by atoms with Gasteiger partial charge >= 0.3 is 0 Å². The Balaban J connectivity index is 1.26. The number of ether oxygens (including phenoxy) is 1. The molecule has 2 aromatic heterocycles. The molecule has 0 bridgehead atoms. The number of amides is 2. The van der Waals surface area contributed by atoms with Crippen LogP contribution in [0.5, 0.6) is 0 Å². The smallest absolute Gasteiger partial charge is 0.247 e. The van der Waals surface area contributed by atoms with E-state index in [1.807, 2.05) is 30.3 Å². The SMILES string of the molecule is O=C(Nc1ccc2[nH]ncc2c1)C1C(c2ccc(P)cc2)CC(N2CCOCC2)CN1C(=O)/C=C/c1cc(Cl)ccc1-n1cnnn1. The maximum absolute atomic E-state index is 14.4. The van der Waals surface area contributed by atoms with Crippen LogP contribution >= 0.6 is 20.8 Å². The molecule has 2 saturated heterocycles. The first kappa shape index (κ1) is 31.1. The molecule has 0 saturated carbocycles. The van der Waals surface area contributed by atoms with Crippen LogP contribution in [-0.4, -0.2) is 97.0 Å². The van der Waals surface area contributed by atoms with Crippen LogP contribution in [0.25, 0.3) is 22.7 Å². The molecule has 2 N–H and O–H groups in total. The Labute approximate surface area is 278 Å². The van der Waals surface area contributed by atoms with Crippen molar-refractivity contribution in [3.63, 3.8) is 0 Å². The van der Waals surface area contributed by atoms with Gasteiger partial charge in [0, 0.05) is 59.3 Å². The van der Waals surface area contributed by atoms with E-state index in [1.54, 1.807) is 35.4 Å². The van der Waals surface area contributed by atoms with Crippen molar-refractivity contribution in [1.29, 1.82) is 0 Å². The third-order valence-electron chi connectivity index (χ3n) is 8.83. The van der Waals surface area contributed by atoms with E-state index in [0.717, 1.165) is 34.9 Å². The van der Waals surface area contributed by atoms with Gasteiger partial charge in [0.2, 0.25) is 11.8 Å². The van der Waals surface area contributed by atoms with Gasteiger partial charge in [-0.25, -0.2) is 0 Å². The summed E-state index contributed by atoms with van der Waals surface area (Å²) in [4.78, 5) is 32.8. The molecule has 5 aromatic rings. The molecule has 2 amide bonds. The van der Waals surface area contributed by atoms with E-state index in [2.05, 4.69) is 57.3 Å². The van der Waals surface area contributed by atoms with Crippen molar-refractivity contribution in [2.75, 3.05) is 38.2 Å². The van der Waals surface area contributed by atoms with Crippen LogP contribution in [-0.2, 0) is 14.3 Å². The standard InChI is InChI=1S/C33H33ClN9O3P/c34-24-4-9-30(43-20-36-39-40-43)22(15-24)3-10-31(44)42-19-26(41-11-13-46-14-12-41)17-28(21-1-6-27(47)7-2-21)32(42)33(45)37-25-5-8-29-23(16-25)18-35-38-29/h1-10,15-16,18,20,26,28,32H,11-14,17,19,47H2,(H,35,38)(H,37,45)/b10-3+. The number of nitrogens with one attached hydrogen (secondary N) is 2. The Hall–Kier alpha value is -4.48. The van der Waals surface area contributed by atoms with Gasteiger partial charge < -0.3 is 15.0 Å². The number of aromatic nitrogens is 6. The summed E-state index contributed by atoms with van der Waals surface area (Å²) in [5, 5.41) is 24.1. The number of halogens is 1. The Kier molecular flexibility index (Phi) is 9.08. The van der Waals surface area contributed by atoms with Crippen LogP contribution in [0.4, 0.5) is 5.69 Å². The zero-order chi connectivity index (χ0) is 32.3. The fraction of sp³-hybridized carbons (Fsp3) is 0.273. The van der Waals surface area contributed by atoms with Gasteiger partial charge in [-0.3, -0.25) is 19.6 Å². The number of piperidine rings is 1. The van der Waals surface area contributed by atoms with Crippen molar-refractivity contribution in [1.82, 2.24) is 40.2 Å². The zero-order valence-electron chi connectivity index (χ0n) is 25.4. The van der Waals surface area contributed by atoms with E-state index in [-0.39, 0.29) is 23.8 Å². The van der Waals surface area contributed by atoms with Gasteiger partial charge in [0.15, 0.2) is 0 Å². The Bertz CT molecular complexity index is 1910. The van der Waals surface area contributed by atoms with E-state index < -0.39 is 6.04 Å². The highest BCUT2D eigenvalue weighted by Gasteiger charge is 2.44. The summed E-state index contributed by atoms with van der Waals surface area (Å²) in [5.41, 5.74) is 3.81. The second-order valence-corrected chi connectivity index (χ2v) is 12.8. The molecule has 7 rings (SSSR count). The van der Waals surface area contributed by atoms with Crippen LogP contribution in [0, 0.1) is 0 Å². The number of tetrazole rings is 1. The summed E-state index contributed by atoms with van der Waals surface area (Å²) >= 11 is 6.35. The topological polar surface area (TPSA) is 134 Å². The summed E-state index contributed by atoms with van der Waals surface area (Å²) in [5.74, 6) is -0.809. The Morgan fingerprint density at radius 2 is 1.89 bits per heavy atom. The highest BCUT2D eigenvalue weighted by Crippen LogP contribution is 2.36. The number of morpholine rings is 1. The molecule has 47 heavy (non-hydrogen) atoms. The van der Waals surface area contributed by atoms with Crippen molar-refractivity contribution >= 4 is 60.6 Å². The minimum Gasteiger partial charge on any atom is -0.379 e. The molecule has 14 heteroatoms. The molecule has 4 heterocycles. The van der Waals surface area contributed by atoms with Gasteiger partial charge in [0.1, 0.15) is 12.4 Å². The largest absolute Gasteiger partial charge is 0.379 e. The average Bonchev–Trinajstić information content (AvgIpc) is 3.80. The van der Waals surface area contributed by atoms with Crippen molar-refractivity contribution in [2.24, 2.45) is 0 Å². The number of rotatable bonds is 7. The molecule has 0 spiro atoms. The summed E-state index contributed by atoms with van der Waals surface area (Å²) in [6, 6.07) is 18.3. The van der Waals surface area contributed by atoms with Crippen LogP contribution in [0.3, 0.4) is 0 Å². The van der Waals surface area contributed by atoms with E-state index >= 15 is 0 Å². The predicted molar refractivity (Wildman–Crippen MR) is 183 cm³/mol. The number of anilines is 1. The molecule has 2 aliphatic heterocycles. The van der Waals surface area contributed by atoms with Crippen LogP contribution in [0.2, 0.25) is 5.02 Å². The fourth-order valence-electron chi connectivity index (χ4n) is 6.51. The predicted octanol–water partition coefficient (Wildman–Crippen LogP) is 3.43. The molecular formula is C33H33ClN9O3P. The number of hydrogen-bond donors (Lipinski definition) is 2. The summed E-state index contributed by atoms with van der Waals surface area (Å²) in [6.07, 6.45) is 7.10. The normalized spacial score (nSPS) is 20.6. The first-order valence-electron chi connectivity index (χ1n) is 15.4. The quantitative estimate of drug-likeness (QED) is 0.199. The number of aromatic amines is 1. The third kappa shape index (κ3) is 6.82. The number of carbonyl (C=O) groups is 2. The maximum Gasteiger partial charge on any atom is 0.247 e. The van der Waals surface area contributed by atoms with Crippen molar-refractivity contribution < 1.29 is 14.3 Å². The number of nitrogens with zero attached hydrogens (tertiary/aromatic N) is 7. The number of fused-ring (bicyclic) bond motifs is 1. The summed E-state index contributed by atoms with van der Waals surface area (Å²) < 4.78 is 7.15. The Morgan fingerprint density at radius 1 is 1.06 bits per heavy atom. The number of likely N-dealkylation sites (tertiary alicyclic amines) is 1. The Morgan fingerprint density at radius 3 is 2.68 bits per heavy atom. The monoisotopic (exact) mass is 669 g/mol. The number of H-pyrrole nitrogens is 1. The van der Waals surface area contributed by atoms with Crippen LogP contribution in [0.15, 0.2) is 79.3 Å². The van der Waals surface area contributed by atoms with Gasteiger partial charge in [-0.05, 0) is 70.2 Å². The lowest BCUT2D eigenvalue weighted by Crippen LogP contribution is -2.61. The molecule has 240 valence electrons. The van der Waals surface area contributed by atoms with E-state index in [4.69, 9.17) is 16.3 Å². The molecular weight excluding hydrogens is 637 g/mol. The first-order valence-corrected chi connectivity index (χ1v) is 16.3. The average molecular weight is 670 g/mol. The molecule has 4 atom stereocenters. The maximum atomic E-state index is 14.4. The number of carbonyl (C=O) groups excluding carboxylic acids is 2. The van der Waals surface area contributed by atoms with E-state index in [9.17, 15) is 9.59 Å². The minimum absolute atomic E-state index is 0.0335. The van der Waals surface area contributed by atoms with Gasteiger partial charge in [0.25, 0.3) is 0 Å². The first-order chi connectivity index (χ1) is 22.9. The summed E-state index contributed by atoms with van der Waals surface area (Å²) in [6.45, 7) is 3.17. The van der Waals surface area contributed by atoms with Crippen LogP contribution < -0.4 is 10.6 Å². The highest BCUT2D eigenvalue weighted by atomic mass is 35.5. The van der Waals surface area contributed by atoms with Gasteiger partial charge in [0.05, 0.1) is 30.6 Å². The molecule has 4 unspecified atom stereocenters. The van der Waals surface area contributed by atoms with E-state index in [1.165, 1.54) is 17.1 Å². The lowest BCUT2D eigenvalue weighted by Gasteiger charge is -2.47. The van der Waals surface area contributed by atoms with Gasteiger partial charge in [-0.1, -0.05) is 35.9 Å². The highest BCUT2D eigenvalue weighted by molar-refractivity contribution is 7.27.